The van der Waals surface area contributed by atoms with Gasteiger partial charge in [0.2, 0.25) is 0 Å². The maximum atomic E-state index is 15.5. The molecule has 2 atom stereocenters. The van der Waals surface area contributed by atoms with Gasteiger partial charge in [0, 0.05) is 24.1 Å². The van der Waals surface area contributed by atoms with E-state index in [1.54, 1.807) is 11.8 Å². The van der Waals surface area contributed by atoms with Gasteiger partial charge >= 0.3 is 24.3 Å². The fourth-order valence-corrected chi connectivity index (χ4v) is 7.11. The maximum Gasteiger partial charge on any atom is 0.439 e. The summed E-state index contributed by atoms with van der Waals surface area (Å²) in [6.07, 6.45) is -13.6. The molecule has 49 heavy (non-hydrogen) atoms. The van der Waals surface area contributed by atoms with Crippen LogP contribution < -0.4 is 15.2 Å². The topological polar surface area (TPSA) is 93.5 Å². The summed E-state index contributed by atoms with van der Waals surface area (Å²) in [6, 6.07) is 1.61. The Bertz CT molecular complexity index is 1690. The number of aromatic nitrogens is 3. The molecule has 2 aliphatic rings. The lowest BCUT2D eigenvalue weighted by Gasteiger charge is -2.32. The lowest BCUT2D eigenvalue weighted by atomic mass is 9.90. The SMILES string of the molecule is CCC(Oc1cc(OCC(F)(F)F)c(-c2noc(=O)[nH]2)cc1F)c1sc(C2CC=C(C(F)(F)F)CC2)nc1CN1CCC(C(F)(F)F)CC1. The number of piperidine rings is 1. The van der Waals surface area contributed by atoms with Crippen molar-refractivity contribution in [3.8, 4) is 22.9 Å². The molecule has 2 unspecified atom stereocenters. The van der Waals surface area contributed by atoms with E-state index in [4.69, 9.17) is 14.5 Å². The Kier molecular flexibility index (Phi) is 10.7. The number of hydrogen-bond acceptors (Lipinski definition) is 8. The summed E-state index contributed by atoms with van der Waals surface area (Å²) < 4.78 is 150. The molecule has 1 aromatic carbocycles. The van der Waals surface area contributed by atoms with Crippen LogP contribution in [0.15, 0.2) is 33.1 Å². The molecule has 0 saturated carbocycles. The van der Waals surface area contributed by atoms with Crippen molar-refractivity contribution in [2.75, 3.05) is 19.7 Å². The van der Waals surface area contributed by atoms with E-state index in [9.17, 15) is 44.3 Å². The average molecular weight is 733 g/mol. The Morgan fingerprint density at radius 2 is 1.78 bits per heavy atom. The van der Waals surface area contributed by atoms with Gasteiger partial charge in [-0.2, -0.15) is 39.5 Å². The number of halogens is 10. The number of thiazole rings is 1. The van der Waals surface area contributed by atoms with Gasteiger partial charge in [-0.3, -0.25) is 14.4 Å². The minimum Gasteiger partial charge on any atom is -0.483 e. The molecule has 2 aromatic heterocycles. The van der Waals surface area contributed by atoms with E-state index in [1.807, 2.05) is 0 Å². The van der Waals surface area contributed by atoms with Crippen molar-refractivity contribution in [3.05, 3.63) is 55.7 Å². The third-order valence-electron chi connectivity index (χ3n) is 8.35. The van der Waals surface area contributed by atoms with Crippen LogP contribution in [0.4, 0.5) is 43.9 Å². The second-order valence-electron chi connectivity index (χ2n) is 11.8. The van der Waals surface area contributed by atoms with E-state index >= 15 is 4.39 Å². The van der Waals surface area contributed by atoms with Crippen LogP contribution in [-0.2, 0) is 6.54 Å². The van der Waals surface area contributed by atoms with Crippen molar-refractivity contribution in [2.24, 2.45) is 5.92 Å². The summed E-state index contributed by atoms with van der Waals surface area (Å²) in [5.74, 6) is -5.43. The van der Waals surface area contributed by atoms with Gasteiger partial charge in [-0.05, 0) is 57.7 Å². The van der Waals surface area contributed by atoms with E-state index in [2.05, 4.69) is 14.7 Å². The van der Waals surface area contributed by atoms with E-state index in [0.29, 0.717) is 15.6 Å². The third kappa shape index (κ3) is 9.15. The van der Waals surface area contributed by atoms with Crippen LogP contribution in [0.5, 0.6) is 11.5 Å². The van der Waals surface area contributed by atoms with Crippen LogP contribution in [0.2, 0.25) is 0 Å². The van der Waals surface area contributed by atoms with Crippen molar-refractivity contribution < 1.29 is 57.9 Å². The van der Waals surface area contributed by atoms with Crippen molar-refractivity contribution in [1.82, 2.24) is 20.0 Å². The summed E-state index contributed by atoms with van der Waals surface area (Å²) in [5.41, 5.74) is -0.603. The first-order valence-electron chi connectivity index (χ1n) is 15.2. The molecule has 1 aliphatic heterocycles. The quantitative estimate of drug-likeness (QED) is 0.165. The van der Waals surface area contributed by atoms with Crippen molar-refractivity contribution in [2.45, 2.75) is 82.5 Å². The highest BCUT2D eigenvalue weighted by atomic mass is 32.1. The van der Waals surface area contributed by atoms with Gasteiger partial charge in [-0.25, -0.2) is 14.2 Å². The van der Waals surface area contributed by atoms with Crippen molar-refractivity contribution in [1.29, 1.82) is 0 Å². The molecule has 1 N–H and O–H groups in total. The van der Waals surface area contributed by atoms with Crippen LogP contribution in [0.25, 0.3) is 11.4 Å². The van der Waals surface area contributed by atoms with Crippen molar-refractivity contribution in [3.63, 3.8) is 0 Å². The highest BCUT2D eigenvalue weighted by Gasteiger charge is 2.41. The smallest absolute Gasteiger partial charge is 0.439 e. The van der Waals surface area contributed by atoms with Gasteiger partial charge in [0.05, 0.1) is 27.1 Å². The monoisotopic (exact) mass is 732 g/mol. The number of rotatable bonds is 10. The summed E-state index contributed by atoms with van der Waals surface area (Å²) in [6.45, 7) is 0.205. The lowest BCUT2D eigenvalue weighted by molar-refractivity contribution is -0.185. The molecule has 5 rings (SSSR count). The van der Waals surface area contributed by atoms with Gasteiger partial charge in [-0.15, -0.1) is 11.3 Å². The molecule has 0 bridgehead atoms. The Hall–Kier alpha value is -3.61. The number of likely N-dealkylation sites (tertiary alicyclic amines) is 1. The first-order valence-corrected chi connectivity index (χ1v) is 16.0. The highest BCUT2D eigenvalue weighted by molar-refractivity contribution is 7.11. The van der Waals surface area contributed by atoms with Crippen molar-refractivity contribution >= 4 is 11.3 Å². The van der Waals surface area contributed by atoms with E-state index in [0.717, 1.165) is 29.5 Å². The average Bonchev–Trinajstić information content (AvgIpc) is 3.65. The number of nitrogens with one attached hydrogen (secondary N) is 1. The number of allylic oxidation sites excluding steroid dienone is 2. The maximum absolute atomic E-state index is 15.5. The second-order valence-corrected chi connectivity index (χ2v) is 12.9. The zero-order valence-corrected chi connectivity index (χ0v) is 26.5. The highest BCUT2D eigenvalue weighted by Crippen LogP contribution is 2.44. The van der Waals surface area contributed by atoms with Gasteiger partial charge in [0.25, 0.3) is 0 Å². The first-order chi connectivity index (χ1) is 22.9. The second kappa shape index (κ2) is 14.3. The molecule has 1 fully saturated rings. The molecule has 3 aromatic rings. The summed E-state index contributed by atoms with van der Waals surface area (Å²) in [4.78, 5) is 20.5. The number of nitrogens with zero attached hydrogens (tertiary/aromatic N) is 3. The third-order valence-corrected chi connectivity index (χ3v) is 9.70. The number of aromatic amines is 1. The molecule has 1 aliphatic carbocycles. The molecule has 3 heterocycles. The van der Waals surface area contributed by atoms with Crippen LogP contribution in [-0.4, -0.2) is 58.2 Å². The molecule has 0 radical (unpaired) electrons. The number of H-pyrrole nitrogens is 1. The van der Waals surface area contributed by atoms with Gasteiger partial charge in [0.15, 0.2) is 24.0 Å². The van der Waals surface area contributed by atoms with Gasteiger partial charge in [0.1, 0.15) is 11.9 Å². The number of alkyl halides is 9. The van der Waals surface area contributed by atoms with Crippen LogP contribution in [0.3, 0.4) is 0 Å². The van der Waals surface area contributed by atoms with E-state index < -0.39 is 71.6 Å². The van der Waals surface area contributed by atoms with Gasteiger partial charge in [-0.1, -0.05) is 18.2 Å². The minimum absolute atomic E-state index is 0.0516. The zero-order valence-electron chi connectivity index (χ0n) is 25.7. The Morgan fingerprint density at radius 1 is 1.06 bits per heavy atom. The summed E-state index contributed by atoms with van der Waals surface area (Å²) in [7, 11) is 0. The molecule has 0 amide bonds. The largest absolute Gasteiger partial charge is 0.483 e. The fraction of sp³-hybridized carbons (Fsp3) is 0.567. The number of hydrogen-bond donors (Lipinski definition) is 1. The Balaban J connectivity index is 1.46. The molecule has 270 valence electrons. The fourth-order valence-electron chi connectivity index (χ4n) is 5.78. The van der Waals surface area contributed by atoms with E-state index in [-0.39, 0.29) is 69.6 Å². The van der Waals surface area contributed by atoms with Gasteiger partial charge < -0.3 is 9.47 Å². The Labute approximate surface area is 276 Å². The molecule has 0 spiro atoms. The minimum atomic E-state index is -4.78. The molecular formula is C30H30F10N4O4S. The summed E-state index contributed by atoms with van der Waals surface area (Å²) in [5, 5.41) is 3.87. The normalized spacial score (nSPS) is 19.2. The molecule has 8 nitrogen and oxygen atoms in total. The van der Waals surface area contributed by atoms with Crippen LogP contribution >= 0.6 is 11.3 Å². The number of ether oxygens (including phenoxy) is 2. The van der Waals surface area contributed by atoms with Crippen LogP contribution in [0.1, 0.15) is 73.0 Å². The molecular weight excluding hydrogens is 702 g/mol. The zero-order chi connectivity index (χ0) is 35.7. The predicted molar refractivity (Wildman–Crippen MR) is 155 cm³/mol. The predicted octanol–water partition coefficient (Wildman–Crippen LogP) is 8.63. The lowest BCUT2D eigenvalue weighted by Crippen LogP contribution is -2.38. The first kappa shape index (κ1) is 36.7. The van der Waals surface area contributed by atoms with Crippen LogP contribution in [0, 0.1) is 11.7 Å². The Morgan fingerprint density at radius 3 is 2.33 bits per heavy atom. The standard InChI is InChI=1S/C30H30F10N4O4S/c1-2-21(47-23-12-22(46-14-28(32,33)34)18(11-19(23)31)25-42-27(45)48-43-25)24-20(13-44-9-7-17(8-10-44)30(38,39)40)41-26(49-24)15-3-5-16(6-4-15)29(35,36)37/h5,11-12,15,17,21H,2-4,6-10,13-14H2,1H3,(H,42,43,45). The molecule has 19 heteroatoms. The summed E-state index contributed by atoms with van der Waals surface area (Å²) >= 11 is 1.13. The molecule has 1 saturated heterocycles. The van der Waals surface area contributed by atoms with E-state index in [1.165, 1.54) is 0 Å². The number of benzene rings is 1.